The number of unbranched alkanes of at least 4 members (excludes halogenated alkanes) is 32. The van der Waals surface area contributed by atoms with E-state index < -0.39 is 6.10 Å². The molecule has 0 aliphatic carbocycles. The van der Waals surface area contributed by atoms with E-state index in [2.05, 4.69) is 106 Å². The Morgan fingerprint density at radius 1 is 0.284 bits per heavy atom. The zero-order valence-corrected chi connectivity index (χ0v) is 48.8. The largest absolute Gasteiger partial charge is 0.462 e. The van der Waals surface area contributed by atoms with Crippen LogP contribution in [0.3, 0.4) is 0 Å². The number of rotatable bonds is 57. The number of ether oxygens (including phenoxy) is 3. The molecule has 0 bridgehead atoms. The minimum Gasteiger partial charge on any atom is -0.462 e. The van der Waals surface area contributed by atoms with Crippen molar-refractivity contribution in [2.24, 2.45) is 0 Å². The molecular formula is C68H118O6. The van der Waals surface area contributed by atoms with Gasteiger partial charge in [-0.2, -0.15) is 0 Å². The Hall–Kier alpha value is -3.41. The van der Waals surface area contributed by atoms with Gasteiger partial charge in [-0.25, -0.2) is 0 Å². The first-order chi connectivity index (χ1) is 36.5. The van der Waals surface area contributed by atoms with Crippen LogP contribution in [0.4, 0.5) is 0 Å². The van der Waals surface area contributed by atoms with Gasteiger partial charge >= 0.3 is 17.9 Å². The molecule has 0 aromatic heterocycles. The molecule has 0 aromatic carbocycles. The molecule has 0 rings (SSSR count). The maximum Gasteiger partial charge on any atom is 0.306 e. The first-order valence-corrected chi connectivity index (χ1v) is 31.6. The molecule has 6 heteroatoms. The van der Waals surface area contributed by atoms with Gasteiger partial charge in [-0.3, -0.25) is 14.4 Å². The third kappa shape index (κ3) is 59.5. The summed E-state index contributed by atoms with van der Waals surface area (Å²) < 4.78 is 16.9. The Kier molecular flexibility index (Phi) is 59.3. The van der Waals surface area contributed by atoms with Crippen LogP contribution in [0, 0.1) is 0 Å². The molecule has 1 atom stereocenters. The van der Waals surface area contributed by atoms with Crippen molar-refractivity contribution in [1.82, 2.24) is 0 Å². The van der Waals surface area contributed by atoms with Crippen LogP contribution in [-0.2, 0) is 28.6 Å². The Labute approximate surface area is 458 Å². The van der Waals surface area contributed by atoms with Gasteiger partial charge in [0.15, 0.2) is 6.10 Å². The van der Waals surface area contributed by atoms with Crippen molar-refractivity contribution in [2.45, 2.75) is 316 Å². The molecule has 0 aliphatic rings. The molecule has 74 heavy (non-hydrogen) atoms. The lowest BCUT2D eigenvalue weighted by atomic mass is 10.0. The first kappa shape index (κ1) is 70.6. The number of allylic oxidation sites excluding steroid dienone is 14. The number of carbonyl (C=O) groups excluding carboxylic acids is 3. The second kappa shape index (κ2) is 62.1. The van der Waals surface area contributed by atoms with Crippen molar-refractivity contribution in [1.29, 1.82) is 0 Å². The topological polar surface area (TPSA) is 78.9 Å². The van der Waals surface area contributed by atoms with Gasteiger partial charge in [0.1, 0.15) is 13.2 Å². The molecule has 0 N–H and O–H groups in total. The summed E-state index contributed by atoms with van der Waals surface area (Å²) in [5.41, 5.74) is 0. The van der Waals surface area contributed by atoms with E-state index in [4.69, 9.17) is 14.2 Å². The average molecular weight is 1030 g/mol. The van der Waals surface area contributed by atoms with Crippen LogP contribution in [-0.4, -0.2) is 37.2 Å². The predicted molar refractivity (Wildman–Crippen MR) is 321 cm³/mol. The Morgan fingerprint density at radius 3 is 0.865 bits per heavy atom. The first-order valence-electron chi connectivity index (χ1n) is 31.6. The minimum atomic E-state index is -0.783. The molecule has 0 fully saturated rings. The summed E-state index contributed by atoms with van der Waals surface area (Å²) in [6.45, 7) is 6.51. The van der Waals surface area contributed by atoms with E-state index in [-0.39, 0.29) is 31.1 Å². The van der Waals surface area contributed by atoms with Gasteiger partial charge in [0.2, 0.25) is 0 Å². The highest BCUT2D eigenvalue weighted by Crippen LogP contribution is 2.16. The summed E-state index contributed by atoms with van der Waals surface area (Å²) in [5, 5.41) is 0. The van der Waals surface area contributed by atoms with Gasteiger partial charge in [0, 0.05) is 19.3 Å². The average Bonchev–Trinajstić information content (AvgIpc) is 3.40. The smallest absolute Gasteiger partial charge is 0.306 e. The van der Waals surface area contributed by atoms with E-state index in [9.17, 15) is 14.4 Å². The highest BCUT2D eigenvalue weighted by atomic mass is 16.6. The van der Waals surface area contributed by atoms with Crippen molar-refractivity contribution in [3.63, 3.8) is 0 Å². The molecule has 0 aromatic rings. The van der Waals surface area contributed by atoms with Crippen molar-refractivity contribution >= 4 is 17.9 Å². The molecule has 0 radical (unpaired) electrons. The monoisotopic (exact) mass is 1030 g/mol. The number of esters is 3. The van der Waals surface area contributed by atoms with Gasteiger partial charge in [0.05, 0.1) is 0 Å². The van der Waals surface area contributed by atoms with Crippen LogP contribution in [0.1, 0.15) is 310 Å². The molecule has 6 nitrogen and oxygen atoms in total. The molecule has 0 saturated heterocycles. The van der Waals surface area contributed by atoms with Crippen LogP contribution >= 0.6 is 0 Å². The molecule has 0 aliphatic heterocycles. The van der Waals surface area contributed by atoms with E-state index in [0.717, 1.165) is 96.3 Å². The van der Waals surface area contributed by atoms with Gasteiger partial charge in [-0.1, -0.05) is 260 Å². The molecule has 1 unspecified atom stereocenters. The lowest BCUT2D eigenvalue weighted by molar-refractivity contribution is -0.167. The third-order valence-corrected chi connectivity index (χ3v) is 13.6. The Bertz CT molecular complexity index is 1420. The highest BCUT2D eigenvalue weighted by molar-refractivity contribution is 5.71. The van der Waals surface area contributed by atoms with Crippen LogP contribution in [0.15, 0.2) is 85.1 Å². The Balaban J connectivity index is 4.27. The molecule has 0 heterocycles. The van der Waals surface area contributed by atoms with E-state index in [0.29, 0.717) is 19.3 Å². The van der Waals surface area contributed by atoms with Crippen molar-refractivity contribution in [2.75, 3.05) is 13.2 Å². The third-order valence-electron chi connectivity index (χ3n) is 13.6. The molecule has 0 saturated carbocycles. The van der Waals surface area contributed by atoms with Gasteiger partial charge in [-0.05, 0) is 116 Å². The van der Waals surface area contributed by atoms with Crippen molar-refractivity contribution in [3.8, 4) is 0 Å². The van der Waals surface area contributed by atoms with E-state index in [1.54, 1.807) is 0 Å². The Morgan fingerprint density at radius 2 is 0.527 bits per heavy atom. The molecule has 426 valence electrons. The standard InChI is InChI=1S/C68H118O6/c1-4-7-10-13-16-19-22-25-27-29-30-31-32-33-34-35-36-37-38-40-41-43-46-49-52-55-58-61-67(70)73-64-65(63-72-66(69)60-57-54-51-48-45-24-21-18-15-12-9-6-3)74-68(71)62-59-56-53-50-47-44-42-39-28-26-23-20-17-14-11-8-5-2/h7,10,16,18-19,21,25-28,30-31,33-34,65H,4-6,8-9,11-15,17,20,22-24,29,32,35-64H2,1-3H3/b10-7-,19-16-,21-18-,27-25-,28-26-,31-30-,34-33-. The van der Waals surface area contributed by atoms with E-state index in [1.807, 2.05) is 0 Å². The molecule has 0 amide bonds. The maximum atomic E-state index is 12.9. The number of hydrogen-bond acceptors (Lipinski definition) is 6. The van der Waals surface area contributed by atoms with Crippen LogP contribution in [0.2, 0.25) is 0 Å². The lowest BCUT2D eigenvalue weighted by Gasteiger charge is -2.18. The molecular weight excluding hydrogens is 913 g/mol. The fourth-order valence-electron chi connectivity index (χ4n) is 8.87. The zero-order chi connectivity index (χ0) is 53.6. The summed E-state index contributed by atoms with van der Waals surface area (Å²) in [5.74, 6) is -0.887. The highest BCUT2D eigenvalue weighted by Gasteiger charge is 2.19. The van der Waals surface area contributed by atoms with Crippen LogP contribution < -0.4 is 0 Å². The molecule has 0 spiro atoms. The maximum absolute atomic E-state index is 12.9. The summed E-state index contributed by atoms with van der Waals surface area (Å²) in [4.78, 5) is 38.2. The van der Waals surface area contributed by atoms with Crippen LogP contribution in [0.25, 0.3) is 0 Å². The SMILES string of the molecule is CC/C=C\C/C=C\C/C=C\C/C=C\C/C=C\CCCCCCCCCCCCCC(=O)OCC(COC(=O)CCCCCCC/C=C\CCCCC)OC(=O)CCCCCCCCC/C=C\CCCCCCCC. The summed E-state index contributed by atoms with van der Waals surface area (Å²) >= 11 is 0. The summed E-state index contributed by atoms with van der Waals surface area (Å²) in [6, 6.07) is 0. The normalized spacial score (nSPS) is 12.6. The minimum absolute atomic E-state index is 0.0808. The van der Waals surface area contributed by atoms with Crippen molar-refractivity contribution < 1.29 is 28.6 Å². The second-order valence-electron chi connectivity index (χ2n) is 20.9. The number of carbonyl (C=O) groups is 3. The lowest BCUT2D eigenvalue weighted by Crippen LogP contribution is -2.30. The van der Waals surface area contributed by atoms with Gasteiger partial charge in [0.25, 0.3) is 0 Å². The predicted octanol–water partition coefficient (Wildman–Crippen LogP) is 21.5. The van der Waals surface area contributed by atoms with E-state index in [1.165, 1.54) is 173 Å². The van der Waals surface area contributed by atoms with Gasteiger partial charge in [-0.15, -0.1) is 0 Å². The fraction of sp³-hybridized carbons (Fsp3) is 0.750. The summed E-state index contributed by atoms with van der Waals surface area (Å²) in [6.07, 6.45) is 81.6. The quantitative estimate of drug-likeness (QED) is 0.0261. The second-order valence-corrected chi connectivity index (χ2v) is 20.9. The number of hydrogen-bond donors (Lipinski definition) is 0. The van der Waals surface area contributed by atoms with Gasteiger partial charge < -0.3 is 14.2 Å². The van der Waals surface area contributed by atoms with Crippen LogP contribution in [0.5, 0.6) is 0 Å². The van der Waals surface area contributed by atoms with Crippen molar-refractivity contribution in [3.05, 3.63) is 85.1 Å². The van der Waals surface area contributed by atoms with E-state index >= 15 is 0 Å². The fourth-order valence-corrected chi connectivity index (χ4v) is 8.87. The zero-order valence-electron chi connectivity index (χ0n) is 48.8. The summed E-state index contributed by atoms with van der Waals surface area (Å²) in [7, 11) is 0.